The number of carbonyl (C=O) groups is 1. The summed E-state index contributed by atoms with van der Waals surface area (Å²) in [6.45, 7) is 5.25. The second-order valence-corrected chi connectivity index (χ2v) is 6.03. The highest BCUT2D eigenvalue weighted by Gasteiger charge is 2.27. The number of methoxy groups -OCH3 is 2. The van der Waals surface area contributed by atoms with E-state index in [4.69, 9.17) is 14.2 Å². The van der Waals surface area contributed by atoms with Crippen LogP contribution in [0, 0.1) is 0 Å². The van der Waals surface area contributed by atoms with Gasteiger partial charge in [-0.05, 0) is 26.8 Å². The molecule has 124 valence electrons. The maximum atomic E-state index is 12.4. The van der Waals surface area contributed by atoms with E-state index in [-0.39, 0.29) is 5.46 Å². The SMILES string of the molecule is COc1cc(OC)c2c(c1)c(B(O)O)cn2C(=O)OC(C)(C)C. The van der Waals surface area contributed by atoms with Gasteiger partial charge in [-0.15, -0.1) is 0 Å². The van der Waals surface area contributed by atoms with Crippen LogP contribution in [-0.2, 0) is 4.74 Å². The van der Waals surface area contributed by atoms with Crippen LogP contribution in [-0.4, -0.2) is 47.6 Å². The third-order valence-electron chi connectivity index (χ3n) is 3.19. The molecular formula is C15H20BNO6. The van der Waals surface area contributed by atoms with Gasteiger partial charge in [-0.1, -0.05) is 0 Å². The van der Waals surface area contributed by atoms with Crippen molar-refractivity contribution in [1.82, 2.24) is 4.57 Å². The maximum Gasteiger partial charge on any atom is 0.490 e. The summed E-state index contributed by atoms with van der Waals surface area (Å²) in [6, 6.07) is 3.21. The van der Waals surface area contributed by atoms with E-state index in [1.165, 1.54) is 25.0 Å². The van der Waals surface area contributed by atoms with Crippen LogP contribution in [0.4, 0.5) is 4.79 Å². The summed E-state index contributed by atoms with van der Waals surface area (Å²) in [5.74, 6) is 0.829. The molecule has 7 nitrogen and oxygen atoms in total. The number of aromatic nitrogens is 1. The fraction of sp³-hybridized carbons (Fsp3) is 0.400. The quantitative estimate of drug-likeness (QED) is 0.824. The van der Waals surface area contributed by atoms with E-state index in [1.54, 1.807) is 32.9 Å². The number of ether oxygens (including phenoxy) is 3. The van der Waals surface area contributed by atoms with Gasteiger partial charge in [0.25, 0.3) is 0 Å². The Morgan fingerprint density at radius 3 is 2.30 bits per heavy atom. The molecule has 0 aliphatic heterocycles. The Balaban J connectivity index is 2.72. The molecule has 23 heavy (non-hydrogen) atoms. The van der Waals surface area contributed by atoms with Crippen molar-refractivity contribution in [2.24, 2.45) is 0 Å². The number of nitrogens with zero attached hydrogens (tertiary/aromatic N) is 1. The maximum absolute atomic E-state index is 12.4. The smallest absolute Gasteiger partial charge is 0.490 e. The zero-order valence-electron chi connectivity index (χ0n) is 13.8. The predicted octanol–water partition coefficient (Wildman–Crippen LogP) is 1.12. The first-order chi connectivity index (χ1) is 10.7. The largest absolute Gasteiger partial charge is 0.497 e. The number of carbonyl (C=O) groups excluding carboxylic acids is 1. The lowest BCUT2D eigenvalue weighted by atomic mass is 9.80. The van der Waals surface area contributed by atoms with Crippen LogP contribution in [0.5, 0.6) is 11.5 Å². The lowest BCUT2D eigenvalue weighted by Gasteiger charge is -2.20. The first-order valence-corrected chi connectivity index (χ1v) is 7.04. The summed E-state index contributed by atoms with van der Waals surface area (Å²) in [7, 11) is 1.19. The molecule has 0 aliphatic carbocycles. The molecule has 0 atom stereocenters. The van der Waals surface area contributed by atoms with Crippen LogP contribution in [0.15, 0.2) is 18.3 Å². The number of rotatable bonds is 3. The van der Waals surface area contributed by atoms with E-state index in [9.17, 15) is 14.8 Å². The highest BCUT2D eigenvalue weighted by molar-refractivity contribution is 6.62. The van der Waals surface area contributed by atoms with Gasteiger partial charge in [0.05, 0.1) is 14.2 Å². The number of fused-ring (bicyclic) bond motifs is 1. The Morgan fingerprint density at radius 1 is 1.17 bits per heavy atom. The highest BCUT2D eigenvalue weighted by atomic mass is 16.6. The van der Waals surface area contributed by atoms with E-state index in [1.807, 2.05) is 0 Å². The summed E-state index contributed by atoms with van der Waals surface area (Å²) in [4.78, 5) is 12.4. The van der Waals surface area contributed by atoms with Crippen molar-refractivity contribution in [3.8, 4) is 11.5 Å². The van der Waals surface area contributed by atoms with E-state index in [0.29, 0.717) is 22.4 Å². The van der Waals surface area contributed by atoms with Gasteiger partial charge in [0.15, 0.2) is 0 Å². The normalized spacial score (nSPS) is 11.4. The highest BCUT2D eigenvalue weighted by Crippen LogP contribution is 2.31. The molecule has 2 N–H and O–H groups in total. The summed E-state index contributed by atoms with van der Waals surface area (Å²) in [5.41, 5.74) is -0.153. The van der Waals surface area contributed by atoms with Crippen molar-refractivity contribution < 1.29 is 29.1 Å². The zero-order valence-corrected chi connectivity index (χ0v) is 13.8. The van der Waals surface area contributed by atoms with Gasteiger partial charge in [-0.2, -0.15) is 0 Å². The molecule has 0 bridgehead atoms. The Hall–Kier alpha value is -2.19. The monoisotopic (exact) mass is 321 g/mol. The minimum atomic E-state index is -1.75. The van der Waals surface area contributed by atoms with E-state index in [2.05, 4.69) is 0 Å². The van der Waals surface area contributed by atoms with Gasteiger partial charge in [-0.25, -0.2) is 9.36 Å². The minimum Gasteiger partial charge on any atom is -0.497 e. The molecule has 0 spiro atoms. The molecule has 0 radical (unpaired) electrons. The molecule has 0 saturated carbocycles. The average molecular weight is 321 g/mol. The van der Waals surface area contributed by atoms with Crippen molar-refractivity contribution in [3.05, 3.63) is 18.3 Å². The number of hydrogen-bond donors (Lipinski definition) is 2. The Labute approximate surface area is 134 Å². The molecule has 0 amide bonds. The fourth-order valence-corrected chi connectivity index (χ4v) is 2.26. The van der Waals surface area contributed by atoms with Crippen molar-refractivity contribution >= 4 is 29.6 Å². The minimum absolute atomic E-state index is 0.156. The Kier molecular flexibility index (Phi) is 4.58. The van der Waals surface area contributed by atoms with Gasteiger partial charge in [-0.3, -0.25) is 0 Å². The first kappa shape index (κ1) is 17.2. The second-order valence-electron chi connectivity index (χ2n) is 6.03. The number of benzene rings is 1. The summed E-state index contributed by atoms with van der Waals surface area (Å²) in [5, 5.41) is 19.6. The van der Waals surface area contributed by atoms with E-state index >= 15 is 0 Å². The molecule has 0 saturated heterocycles. The van der Waals surface area contributed by atoms with Crippen molar-refractivity contribution in [3.63, 3.8) is 0 Å². The van der Waals surface area contributed by atoms with Crippen molar-refractivity contribution in [1.29, 1.82) is 0 Å². The molecule has 1 heterocycles. The fourth-order valence-electron chi connectivity index (χ4n) is 2.26. The van der Waals surface area contributed by atoms with E-state index < -0.39 is 18.8 Å². The molecule has 2 rings (SSSR count). The third kappa shape index (κ3) is 3.43. The van der Waals surface area contributed by atoms with Gasteiger partial charge in [0.2, 0.25) is 0 Å². The standard InChI is InChI=1S/C15H20BNO6/c1-15(2,3)23-14(18)17-8-11(16(19)20)10-6-9(21-4)7-12(22-5)13(10)17/h6-8,19-20H,1-5H3. The van der Waals surface area contributed by atoms with Crippen LogP contribution in [0.1, 0.15) is 20.8 Å². The average Bonchev–Trinajstić information content (AvgIpc) is 2.84. The molecule has 0 aliphatic rings. The topological polar surface area (TPSA) is 90.2 Å². The molecule has 2 aromatic rings. The van der Waals surface area contributed by atoms with Crippen molar-refractivity contribution in [2.45, 2.75) is 26.4 Å². The Morgan fingerprint density at radius 2 is 1.83 bits per heavy atom. The summed E-state index contributed by atoms with van der Waals surface area (Å²) < 4.78 is 17.1. The Bertz CT molecular complexity index is 732. The van der Waals surface area contributed by atoms with Crippen LogP contribution in [0.2, 0.25) is 0 Å². The summed E-state index contributed by atoms with van der Waals surface area (Å²) >= 11 is 0. The zero-order chi connectivity index (χ0) is 17.4. The second kappa shape index (κ2) is 6.13. The van der Waals surface area contributed by atoms with Gasteiger partial charge in [0, 0.05) is 23.1 Å². The van der Waals surface area contributed by atoms with Crippen LogP contribution < -0.4 is 14.9 Å². The first-order valence-electron chi connectivity index (χ1n) is 7.04. The van der Waals surface area contributed by atoms with Crippen molar-refractivity contribution in [2.75, 3.05) is 14.2 Å². The van der Waals surface area contributed by atoms with Gasteiger partial charge < -0.3 is 24.3 Å². The number of hydrogen-bond acceptors (Lipinski definition) is 6. The van der Waals surface area contributed by atoms with E-state index in [0.717, 1.165) is 0 Å². The molecule has 1 aromatic heterocycles. The molecule has 0 fully saturated rings. The van der Waals surface area contributed by atoms with Crippen LogP contribution >= 0.6 is 0 Å². The van der Waals surface area contributed by atoms with Crippen LogP contribution in [0.3, 0.4) is 0 Å². The molecule has 1 aromatic carbocycles. The third-order valence-corrected chi connectivity index (χ3v) is 3.19. The van der Waals surface area contributed by atoms with Crippen LogP contribution in [0.25, 0.3) is 10.9 Å². The lowest BCUT2D eigenvalue weighted by Crippen LogP contribution is -2.30. The molecule has 0 unspecified atom stereocenters. The van der Waals surface area contributed by atoms with Gasteiger partial charge >= 0.3 is 13.2 Å². The predicted molar refractivity (Wildman–Crippen MR) is 86.5 cm³/mol. The molecule has 8 heteroatoms. The molecular weight excluding hydrogens is 301 g/mol. The van der Waals surface area contributed by atoms with Gasteiger partial charge in [0.1, 0.15) is 22.6 Å². The lowest BCUT2D eigenvalue weighted by molar-refractivity contribution is 0.0544. The summed E-state index contributed by atoms with van der Waals surface area (Å²) in [6.07, 6.45) is 0.684.